The molecule has 0 unspecified atom stereocenters. The van der Waals surface area contributed by atoms with Crippen LogP contribution in [0.2, 0.25) is 0 Å². The fraction of sp³-hybridized carbons (Fsp3) is 0.328. The van der Waals surface area contributed by atoms with Crippen LogP contribution in [0.3, 0.4) is 0 Å². The number of benzene rings is 5. The van der Waals surface area contributed by atoms with E-state index in [1.807, 2.05) is 22.9 Å². The van der Waals surface area contributed by atoms with Gasteiger partial charge in [0.1, 0.15) is 5.82 Å². The van der Waals surface area contributed by atoms with Gasteiger partial charge in [-0.15, -0.1) is 17.5 Å². The van der Waals surface area contributed by atoms with Crippen LogP contribution in [0.5, 0.6) is 11.5 Å². The maximum absolute atomic E-state index is 6.66. The molecule has 0 aliphatic rings. The van der Waals surface area contributed by atoms with Crippen molar-refractivity contribution < 1.29 is 30.4 Å². The molecule has 9 aromatic rings. The smallest absolute Gasteiger partial charge is 0.269 e. The summed E-state index contributed by atoms with van der Waals surface area (Å²) in [5.74, 6) is 2.50. The van der Waals surface area contributed by atoms with Crippen LogP contribution in [0.4, 0.5) is 0 Å². The Morgan fingerprint density at radius 3 is 1.68 bits per heavy atom. The topological polar surface area (TPSA) is 48.8 Å². The van der Waals surface area contributed by atoms with Crippen LogP contribution < -0.4 is 9.30 Å². The van der Waals surface area contributed by atoms with Crippen molar-refractivity contribution in [2.75, 3.05) is 0 Å². The maximum atomic E-state index is 6.66. The molecule has 5 aromatic carbocycles. The van der Waals surface area contributed by atoms with E-state index >= 15 is 0 Å². The average molecular weight is 1080 g/mol. The van der Waals surface area contributed by atoms with E-state index < -0.39 is 0 Å². The van der Waals surface area contributed by atoms with E-state index in [0.29, 0.717) is 17.3 Å². The summed E-state index contributed by atoms with van der Waals surface area (Å²) in [5, 5.41) is 2.21. The van der Waals surface area contributed by atoms with Crippen LogP contribution in [0, 0.1) is 18.5 Å². The van der Waals surface area contributed by atoms with E-state index in [1.54, 1.807) is 6.20 Å². The Morgan fingerprint density at radius 1 is 0.485 bits per heavy atom. The monoisotopic (exact) mass is 1080 g/mol. The minimum Gasteiger partial charge on any atom is -0.522 e. The zero-order valence-corrected chi connectivity index (χ0v) is 44.8. The van der Waals surface area contributed by atoms with Crippen molar-refractivity contribution in [3.05, 3.63) is 168 Å². The maximum Gasteiger partial charge on any atom is 0.269 e. The van der Waals surface area contributed by atoms with E-state index in [-0.39, 0.29) is 48.1 Å². The zero-order chi connectivity index (χ0) is 48.0. The molecule has 6 nitrogen and oxygen atoms in total. The van der Waals surface area contributed by atoms with E-state index in [9.17, 15) is 0 Å². The Hall–Kier alpha value is -5.84. The van der Waals surface area contributed by atoms with Gasteiger partial charge in [-0.25, -0.2) is 4.98 Å². The Kier molecular flexibility index (Phi) is 12.4. The fourth-order valence-corrected chi connectivity index (χ4v) is 8.73. The first-order chi connectivity index (χ1) is 31.3. The summed E-state index contributed by atoms with van der Waals surface area (Å²) in [7, 11) is 0. The van der Waals surface area contributed by atoms with Gasteiger partial charge in [-0.1, -0.05) is 170 Å². The summed E-state index contributed by atoms with van der Waals surface area (Å²) in [5.41, 5.74) is 13.5. The van der Waals surface area contributed by atoms with Crippen LogP contribution in [0.15, 0.2) is 122 Å². The van der Waals surface area contributed by atoms with Gasteiger partial charge in [0.25, 0.3) is 6.33 Å². The molecule has 0 saturated carbocycles. The number of hydrogen-bond acceptors (Lipinski definition) is 3. The second-order valence-electron chi connectivity index (χ2n) is 23.5. The van der Waals surface area contributed by atoms with Crippen molar-refractivity contribution in [3.8, 4) is 39.9 Å². The van der Waals surface area contributed by atoms with Crippen LogP contribution in [-0.2, 0) is 48.1 Å². The number of imidazole rings is 1. The second-order valence-corrected chi connectivity index (χ2v) is 23.5. The number of ether oxygens (including phenoxy) is 1. The summed E-state index contributed by atoms with van der Waals surface area (Å²) in [6.07, 6.45) is 7.44. The van der Waals surface area contributed by atoms with Gasteiger partial charge in [0.15, 0.2) is 0 Å². The fourth-order valence-electron chi connectivity index (χ4n) is 8.73. The van der Waals surface area contributed by atoms with Crippen LogP contribution in [0.1, 0.15) is 132 Å². The SMILES string of the molecule is CC(C)(C)c1cc(-c2ccc3c(c2)[n+](-c2cc(C(C)(C)C)cc(C(C)(C)C)c2)[c-]n3-c2[c-]c(Oc3[c-]c4c(cc3)c3ccccc3n4-c3cc(C(C)(C)C)ccn3)ccn2)cc(C(C)(C)C)c1.[Pt]. The second kappa shape index (κ2) is 17.3. The van der Waals surface area contributed by atoms with Gasteiger partial charge >= 0.3 is 0 Å². The van der Waals surface area contributed by atoms with Gasteiger partial charge in [0.2, 0.25) is 0 Å². The van der Waals surface area contributed by atoms with Crippen molar-refractivity contribution in [2.45, 2.75) is 131 Å². The van der Waals surface area contributed by atoms with E-state index in [1.165, 1.54) is 33.4 Å². The number of para-hydroxylation sites is 1. The molecule has 0 spiro atoms. The molecule has 0 N–H and O–H groups in total. The van der Waals surface area contributed by atoms with Crippen LogP contribution in [0.25, 0.3) is 61.3 Å². The molecule has 68 heavy (non-hydrogen) atoms. The summed E-state index contributed by atoms with van der Waals surface area (Å²) < 4.78 is 13.1. The van der Waals surface area contributed by atoms with E-state index in [0.717, 1.165) is 49.9 Å². The summed E-state index contributed by atoms with van der Waals surface area (Å²) in [4.78, 5) is 9.77. The molecule has 0 fully saturated rings. The number of fused-ring (bicyclic) bond motifs is 4. The minimum atomic E-state index is -0.0702. The van der Waals surface area contributed by atoms with Gasteiger partial charge in [-0.05, 0) is 114 Å². The molecule has 0 aliphatic heterocycles. The summed E-state index contributed by atoms with van der Waals surface area (Å²) in [6, 6.07) is 46.7. The van der Waals surface area contributed by atoms with Crippen molar-refractivity contribution in [3.63, 3.8) is 0 Å². The first kappa shape index (κ1) is 48.6. The van der Waals surface area contributed by atoms with E-state index in [2.05, 4.69) is 229 Å². The molecule has 7 heteroatoms. The van der Waals surface area contributed by atoms with Crippen LogP contribution in [-0.4, -0.2) is 19.1 Å². The van der Waals surface area contributed by atoms with Crippen molar-refractivity contribution in [1.29, 1.82) is 0 Å². The third kappa shape index (κ3) is 9.46. The standard InChI is InChI=1S/C61H65N5O.Pt/c1-57(2,3)41-24-26-63-56(35-41)66-51-19-17-16-18-49(51)50-22-21-47(36-53(50)66)67-48-25-27-62-55(37-48)65-38-64(46-33-44(60(10,11)12)32-45(34-46)61(13,14)15)54-30-39(20-23-52(54)65)40-28-42(58(4,5)6)31-43(29-40)59(7,8)9;/h16-35H,1-15H3;/q-2;. The third-order valence-corrected chi connectivity index (χ3v) is 13.1. The number of pyridine rings is 2. The first-order valence-corrected chi connectivity index (χ1v) is 23.6. The largest absolute Gasteiger partial charge is 0.522 e. The zero-order valence-electron chi connectivity index (χ0n) is 42.5. The molecule has 4 aromatic heterocycles. The van der Waals surface area contributed by atoms with Gasteiger partial charge in [-0.2, -0.15) is 18.2 Å². The molecule has 0 bridgehead atoms. The molecule has 9 rings (SSSR count). The summed E-state index contributed by atoms with van der Waals surface area (Å²) in [6.45, 7) is 34.1. The molecule has 0 saturated heterocycles. The Bertz CT molecular complexity index is 3290. The number of nitrogens with zero attached hydrogens (tertiary/aromatic N) is 5. The first-order valence-electron chi connectivity index (χ1n) is 23.6. The number of hydrogen-bond donors (Lipinski definition) is 0. The third-order valence-electron chi connectivity index (χ3n) is 13.1. The Balaban J connectivity index is 0.00000625. The predicted molar refractivity (Wildman–Crippen MR) is 277 cm³/mol. The van der Waals surface area contributed by atoms with Gasteiger partial charge in [-0.3, -0.25) is 14.1 Å². The Labute approximate surface area is 418 Å². The number of aromatic nitrogens is 5. The molecular weight excluding hydrogens is 1010 g/mol. The molecule has 352 valence electrons. The summed E-state index contributed by atoms with van der Waals surface area (Å²) >= 11 is 0. The quantitative estimate of drug-likeness (QED) is 0.123. The van der Waals surface area contributed by atoms with E-state index in [4.69, 9.17) is 14.7 Å². The predicted octanol–water partition coefficient (Wildman–Crippen LogP) is 15.1. The molecular formula is C61H65N5OPt-2. The normalized spacial score (nSPS) is 12.8. The van der Waals surface area contributed by atoms with Crippen molar-refractivity contribution in [2.24, 2.45) is 0 Å². The van der Waals surface area contributed by atoms with Gasteiger partial charge in [0, 0.05) is 38.5 Å². The number of rotatable bonds is 6. The molecule has 0 aliphatic carbocycles. The molecule has 0 atom stereocenters. The van der Waals surface area contributed by atoms with Gasteiger partial charge < -0.3 is 9.30 Å². The van der Waals surface area contributed by atoms with Gasteiger partial charge in [0.05, 0.1) is 22.5 Å². The molecule has 4 heterocycles. The average Bonchev–Trinajstić information content (AvgIpc) is 3.80. The molecule has 0 amide bonds. The van der Waals surface area contributed by atoms with Crippen LogP contribution >= 0.6 is 0 Å². The Morgan fingerprint density at radius 2 is 1.06 bits per heavy atom. The minimum absolute atomic E-state index is 0. The van der Waals surface area contributed by atoms with Crippen molar-refractivity contribution >= 4 is 32.8 Å². The molecule has 0 radical (unpaired) electrons. The van der Waals surface area contributed by atoms with Crippen molar-refractivity contribution in [1.82, 2.24) is 19.1 Å².